The van der Waals surface area contributed by atoms with Crippen molar-refractivity contribution >= 4 is 39.9 Å². The second kappa shape index (κ2) is 9.30. The average molecular weight is 513 g/mol. The fourth-order valence-electron chi connectivity index (χ4n) is 4.23. The Morgan fingerprint density at radius 2 is 2.11 bits per heavy atom. The molecule has 1 aliphatic rings. The molecule has 4 heterocycles. The molecule has 0 spiro atoms. The molecule has 178 valence electrons. The van der Waals surface area contributed by atoms with Crippen molar-refractivity contribution in [2.45, 2.75) is 25.6 Å². The zero-order valence-electron chi connectivity index (χ0n) is 18.5. The number of ether oxygens (including phenoxy) is 1. The number of nitriles is 1. The lowest BCUT2D eigenvalue weighted by atomic mass is 10.1. The summed E-state index contributed by atoms with van der Waals surface area (Å²) in [5, 5.41) is 27.7. The summed E-state index contributed by atoms with van der Waals surface area (Å²) in [6, 6.07) is 9.29. The van der Waals surface area contributed by atoms with E-state index in [1.807, 2.05) is 11.0 Å². The van der Waals surface area contributed by atoms with E-state index in [9.17, 15) is 14.8 Å². The van der Waals surface area contributed by atoms with Crippen LogP contribution in [-0.2, 0) is 0 Å². The van der Waals surface area contributed by atoms with Gasteiger partial charge in [-0.3, -0.25) is 5.10 Å². The molecule has 0 aliphatic carbocycles. The van der Waals surface area contributed by atoms with E-state index in [1.165, 1.54) is 6.20 Å². The maximum absolute atomic E-state index is 13.9. The van der Waals surface area contributed by atoms with Gasteiger partial charge in [-0.05, 0) is 37.6 Å². The topological polar surface area (TPSA) is 111 Å². The molecule has 8 nitrogen and oxygen atoms in total. The first kappa shape index (κ1) is 23.3. The third kappa shape index (κ3) is 4.36. The smallest absolute Gasteiger partial charge is 0.232 e. The number of hydrogen-bond acceptors (Lipinski definition) is 7. The summed E-state index contributed by atoms with van der Waals surface area (Å²) in [4.78, 5) is 9.92. The number of benzene rings is 1. The summed E-state index contributed by atoms with van der Waals surface area (Å²) in [6.07, 6.45) is 2.42. The number of aliphatic hydroxyl groups excluding tert-OH is 1. The molecule has 1 aromatic carbocycles. The molecule has 2 atom stereocenters. The maximum atomic E-state index is 13.9. The number of aliphatic hydroxyl groups is 1. The lowest BCUT2D eigenvalue weighted by Gasteiger charge is -2.18. The van der Waals surface area contributed by atoms with Gasteiger partial charge in [-0.2, -0.15) is 14.8 Å². The van der Waals surface area contributed by atoms with Gasteiger partial charge in [-0.15, -0.1) is 0 Å². The fourth-order valence-corrected chi connectivity index (χ4v) is 4.88. The van der Waals surface area contributed by atoms with Crippen LogP contribution in [0, 0.1) is 17.3 Å². The van der Waals surface area contributed by atoms with Crippen LogP contribution in [0.1, 0.15) is 30.6 Å². The number of anilines is 1. The predicted octanol–water partition coefficient (Wildman–Crippen LogP) is 5.05. The van der Waals surface area contributed by atoms with Crippen molar-refractivity contribution < 1.29 is 14.2 Å². The number of aromatic amines is 1. The van der Waals surface area contributed by atoms with Crippen LogP contribution in [0.2, 0.25) is 10.0 Å². The second-order valence-corrected chi connectivity index (χ2v) is 9.04. The highest BCUT2D eigenvalue weighted by molar-refractivity contribution is 6.35. The van der Waals surface area contributed by atoms with E-state index in [0.717, 1.165) is 10.9 Å². The lowest BCUT2D eigenvalue weighted by molar-refractivity contribution is 0.198. The number of aromatic nitrogens is 4. The Morgan fingerprint density at radius 3 is 2.86 bits per heavy atom. The van der Waals surface area contributed by atoms with Crippen LogP contribution in [-0.4, -0.2) is 44.5 Å². The molecule has 0 saturated carbocycles. The first-order valence-electron chi connectivity index (χ1n) is 10.8. The van der Waals surface area contributed by atoms with Crippen LogP contribution in [0.5, 0.6) is 5.75 Å². The molecule has 35 heavy (non-hydrogen) atoms. The highest BCUT2D eigenvalue weighted by Gasteiger charge is 2.24. The number of hydrogen-bond donors (Lipinski definition) is 2. The SMILES string of the molecule is CC(Oc1ccc2[nH]nc(-c3cnc(N4CC[C@@H](O)C4)c(C#N)c3)c2c1)c1c(Cl)cnc(F)c1Cl. The molecular formula is C24H19Cl2FN6O2. The van der Waals surface area contributed by atoms with E-state index >= 15 is 0 Å². The van der Waals surface area contributed by atoms with Crippen LogP contribution in [0.15, 0.2) is 36.7 Å². The summed E-state index contributed by atoms with van der Waals surface area (Å²) in [7, 11) is 0. The Labute approximate surface area is 209 Å². The molecule has 11 heteroatoms. The van der Waals surface area contributed by atoms with Gasteiger partial charge < -0.3 is 14.7 Å². The summed E-state index contributed by atoms with van der Waals surface area (Å²) < 4.78 is 19.9. The normalized spacial score (nSPS) is 16.5. The Morgan fingerprint density at radius 1 is 1.29 bits per heavy atom. The van der Waals surface area contributed by atoms with E-state index in [0.29, 0.717) is 53.5 Å². The van der Waals surface area contributed by atoms with Crippen LogP contribution >= 0.6 is 23.2 Å². The molecule has 4 aromatic rings. The molecule has 0 radical (unpaired) electrons. The fraction of sp³-hybridized carbons (Fsp3) is 0.250. The Kier molecular flexibility index (Phi) is 6.19. The van der Waals surface area contributed by atoms with Crippen molar-refractivity contribution in [3.63, 3.8) is 0 Å². The third-order valence-corrected chi connectivity index (χ3v) is 6.60. The largest absolute Gasteiger partial charge is 0.486 e. The van der Waals surface area contributed by atoms with E-state index in [-0.39, 0.29) is 10.0 Å². The number of nitrogens with zero attached hydrogens (tertiary/aromatic N) is 5. The van der Waals surface area contributed by atoms with Crippen molar-refractivity contribution in [2.24, 2.45) is 0 Å². The van der Waals surface area contributed by atoms with Gasteiger partial charge in [0.2, 0.25) is 5.95 Å². The highest BCUT2D eigenvalue weighted by Crippen LogP contribution is 2.36. The van der Waals surface area contributed by atoms with Gasteiger partial charge in [0.05, 0.1) is 22.2 Å². The van der Waals surface area contributed by atoms with Gasteiger partial charge in [0.15, 0.2) is 0 Å². The number of H-pyrrole nitrogens is 1. The molecule has 0 amide bonds. The Hall–Kier alpha value is -3.45. The maximum Gasteiger partial charge on any atom is 0.232 e. The number of pyridine rings is 2. The lowest BCUT2D eigenvalue weighted by Crippen LogP contribution is -2.23. The number of halogens is 3. The van der Waals surface area contributed by atoms with E-state index in [2.05, 4.69) is 26.2 Å². The standard InChI is InChI=1S/C24H19Cl2FN6O2/c1-12(20-18(25)10-29-23(27)21(20)26)35-16-2-3-19-17(7-16)22(32-31-19)14-6-13(8-28)24(30-9-14)33-5-4-15(34)11-33/h2-3,6-7,9-10,12,15,34H,4-5,11H2,1H3,(H,31,32)/t12?,15-/m1/s1. The van der Waals surface area contributed by atoms with E-state index in [4.69, 9.17) is 27.9 Å². The first-order valence-corrected chi connectivity index (χ1v) is 11.6. The van der Waals surface area contributed by atoms with Gasteiger partial charge in [0.25, 0.3) is 0 Å². The molecule has 5 rings (SSSR count). The molecular weight excluding hydrogens is 494 g/mol. The average Bonchev–Trinajstić information content (AvgIpc) is 3.47. The van der Waals surface area contributed by atoms with Crippen LogP contribution in [0.4, 0.5) is 10.2 Å². The van der Waals surface area contributed by atoms with Gasteiger partial charge in [0, 0.05) is 42.0 Å². The molecule has 1 fully saturated rings. The summed E-state index contributed by atoms with van der Waals surface area (Å²) in [5.41, 5.74) is 2.72. The van der Waals surface area contributed by atoms with E-state index < -0.39 is 18.2 Å². The number of fused-ring (bicyclic) bond motifs is 1. The number of rotatable bonds is 5. The molecule has 0 bridgehead atoms. The summed E-state index contributed by atoms with van der Waals surface area (Å²) in [6.45, 7) is 2.80. The zero-order chi connectivity index (χ0) is 24.7. The molecule has 2 N–H and O–H groups in total. The second-order valence-electron chi connectivity index (χ2n) is 8.26. The van der Waals surface area contributed by atoms with Crippen molar-refractivity contribution in [2.75, 3.05) is 18.0 Å². The molecule has 1 unspecified atom stereocenters. The van der Waals surface area contributed by atoms with Gasteiger partial charge in [0.1, 0.15) is 34.5 Å². The van der Waals surface area contributed by atoms with Crippen LogP contribution in [0.25, 0.3) is 22.2 Å². The predicted molar refractivity (Wildman–Crippen MR) is 130 cm³/mol. The Bertz CT molecular complexity index is 1470. The highest BCUT2D eigenvalue weighted by atomic mass is 35.5. The Balaban J connectivity index is 1.47. The quantitative estimate of drug-likeness (QED) is 0.360. The van der Waals surface area contributed by atoms with Crippen molar-refractivity contribution in [3.8, 4) is 23.1 Å². The van der Waals surface area contributed by atoms with Crippen molar-refractivity contribution in [1.82, 2.24) is 20.2 Å². The van der Waals surface area contributed by atoms with Crippen LogP contribution < -0.4 is 9.64 Å². The minimum atomic E-state index is -0.818. The molecule has 3 aromatic heterocycles. The van der Waals surface area contributed by atoms with Gasteiger partial charge in [-0.1, -0.05) is 23.2 Å². The van der Waals surface area contributed by atoms with Crippen molar-refractivity contribution in [1.29, 1.82) is 5.26 Å². The van der Waals surface area contributed by atoms with Gasteiger partial charge in [-0.25, -0.2) is 9.97 Å². The minimum absolute atomic E-state index is 0.184. The number of nitrogens with one attached hydrogen (secondary N) is 1. The molecule has 1 saturated heterocycles. The van der Waals surface area contributed by atoms with Crippen LogP contribution in [0.3, 0.4) is 0 Å². The summed E-state index contributed by atoms with van der Waals surface area (Å²) >= 11 is 12.3. The molecule has 1 aliphatic heterocycles. The zero-order valence-corrected chi connectivity index (χ0v) is 20.0. The van der Waals surface area contributed by atoms with E-state index in [1.54, 1.807) is 31.3 Å². The third-order valence-electron chi connectivity index (χ3n) is 5.94. The van der Waals surface area contributed by atoms with Gasteiger partial charge >= 0.3 is 0 Å². The monoisotopic (exact) mass is 512 g/mol. The minimum Gasteiger partial charge on any atom is -0.486 e. The summed E-state index contributed by atoms with van der Waals surface area (Å²) in [5.74, 6) is 0.221. The first-order chi connectivity index (χ1) is 16.9. The number of β-amino-alcohol motifs (C(OH)–C–C–N with tert-alkyl or cyclic N) is 1. The van der Waals surface area contributed by atoms with Crippen molar-refractivity contribution in [3.05, 3.63) is 63.8 Å².